The third-order valence-electron chi connectivity index (χ3n) is 6.02. The first-order chi connectivity index (χ1) is 12.8. The minimum atomic E-state index is -0.710. The number of aliphatic carboxylic acids is 1. The Bertz CT molecular complexity index is 528. The van der Waals surface area contributed by atoms with Gasteiger partial charge < -0.3 is 9.84 Å². The molecule has 0 aromatic heterocycles. The number of rotatable bonds is 13. The van der Waals surface area contributed by atoms with Crippen LogP contribution in [0.25, 0.3) is 0 Å². The number of unbranched alkanes of at least 4 members (excludes halogenated alkanes) is 2. The number of thioether (sulfide) groups is 1. The van der Waals surface area contributed by atoms with Crippen LogP contribution in [0.15, 0.2) is 12.2 Å². The van der Waals surface area contributed by atoms with E-state index in [1.807, 2.05) is 17.8 Å². The van der Waals surface area contributed by atoms with Gasteiger partial charge in [0, 0.05) is 23.7 Å². The molecule has 2 heterocycles. The molecule has 4 atom stereocenters. The van der Waals surface area contributed by atoms with Crippen molar-refractivity contribution >= 4 is 23.5 Å². The molecule has 2 aliphatic heterocycles. The van der Waals surface area contributed by atoms with Gasteiger partial charge in [0.1, 0.15) is 0 Å². The van der Waals surface area contributed by atoms with E-state index in [0.29, 0.717) is 17.9 Å². The van der Waals surface area contributed by atoms with E-state index in [2.05, 4.69) is 26.8 Å². The van der Waals surface area contributed by atoms with Crippen LogP contribution in [0.3, 0.4) is 0 Å². The number of ketones is 1. The molecule has 0 aromatic carbocycles. The molecule has 0 saturated carbocycles. The lowest BCUT2D eigenvalue weighted by Gasteiger charge is -2.26. The predicted molar refractivity (Wildman–Crippen MR) is 111 cm³/mol. The Hall–Kier alpha value is -0.810. The highest BCUT2D eigenvalue weighted by molar-refractivity contribution is 7.99. The first-order valence-corrected chi connectivity index (χ1v) is 11.7. The van der Waals surface area contributed by atoms with Gasteiger partial charge in [-0.25, -0.2) is 0 Å². The molecule has 154 valence electrons. The molecular formula is C22H36O4S. The minimum absolute atomic E-state index is 0.235. The lowest BCUT2D eigenvalue weighted by atomic mass is 9.78. The van der Waals surface area contributed by atoms with E-state index in [4.69, 9.17) is 9.84 Å². The summed E-state index contributed by atoms with van der Waals surface area (Å²) < 4.78 is 6.14. The molecule has 2 rings (SSSR count). The first kappa shape index (κ1) is 22.5. The summed E-state index contributed by atoms with van der Waals surface area (Å²) in [6, 6.07) is 0. The largest absolute Gasteiger partial charge is 0.481 e. The maximum absolute atomic E-state index is 12.6. The van der Waals surface area contributed by atoms with Crippen molar-refractivity contribution in [1.82, 2.24) is 0 Å². The van der Waals surface area contributed by atoms with Gasteiger partial charge in [-0.2, -0.15) is 11.8 Å². The number of carboxylic acid groups (broad SMARTS) is 1. The molecule has 4 nitrogen and oxygen atoms in total. The normalized spacial score (nSPS) is 27.5. The fourth-order valence-corrected chi connectivity index (χ4v) is 5.45. The van der Waals surface area contributed by atoms with Crippen LogP contribution < -0.4 is 0 Å². The molecule has 0 aromatic rings. The van der Waals surface area contributed by atoms with E-state index in [0.717, 1.165) is 56.5 Å². The molecule has 2 aliphatic rings. The van der Waals surface area contributed by atoms with E-state index in [9.17, 15) is 9.59 Å². The number of carbonyl (C=O) groups excluding carboxylic acids is 1. The molecule has 0 amide bonds. The number of hydrogen-bond acceptors (Lipinski definition) is 4. The molecule has 1 N–H and O–H groups in total. The topological polar surface area (TPSA) is 63.6 Å². The maximum Gasteiger partial charge on any atom is 0.303 e. The Morgan fingerprint density at radius 1 is 1.19 bits per heavy atom. The van der Waals surface area contributed by atoms with Crippen molar-refractivity contribution in [3.05, 3.63) is 12.2 Å². The second-order valence-electron chi connectivity index (χ2n) is 8.67. The smallest absolute Gasteiger partial charge is 0.303 e. The number of carboxylic acids is 1. The van der Waals surface area contributed by atoms with Crippen LogP contribution in [-0.4, -0.2) is 40.6 Å². The summed E-state index contributed by atoms with van der Waals surface area (Å²) in [7, 11) is 0. The van der Waals surface area contributed by atoms with Crippen molar-refractivity contribution in [2.75, 3.05) is 11.5 Å². The molecule has 27 heavy (non-hydrogen) atoms. The zero-order valence-corrected chi connectivity index (χ0v) is 17.9. The fraction of sp³-hybridized carbons (Fsp3) is 0.818. The van der Waals surface area contributed by atoms with Gasteiger partial charge in [-0.15, -0.1) is 0 Å². The van der Waals surface area contributed by atoms with E-state index in [1.54, 1.807) is 0 Å². The molecule has 2 bridgehead atoms. The number of ether oxygens (including phenoxy) is 1. The summed E-state index contributed by atoms with van der Waals surface area (Å²) in [4.78, 5) is 23.2. The van der Waals surface area contributed by atoms with Crippen LogP contribution in [-0.2, 0) is 14.3 Å². The molecule has 2 saturated heterocycles. The van der Waals surface area contributed by atoms with E-state index in [1.165, 1.54) is 0 Å². The van der Waals surface area contributed by atoms with Gasteiger partial charge in [0.05, 0.1) is 12.2 Å². The second kappa shape index (κ2) is 10.7. The van der Waals surface area contributed by atoms with Crippen LogP contribution in [0.5, 0.6) is 0 Å². The zero-order chi connectivity index (χ0) is 19.9. The van der Waals surface area contributed by atoms with Crippen molar-refractivity contribution in [1.29, 1.82) is 0 Å². The van der Waals surface area contributed by atoms with Crippen molar-refractivity contribution in [2.24, 2.45) is 17.3 Å². The Morgan fingerprint density at radius 3 is 2.63 bits per heavy atom. The van der Waals surface area contributed by atoms with E-state index >= 15 is 0 Å². The lowest BCUT2D eigenvalue weighted by Crippen LogP contribution is -2.28. The Kier molecular flexibility index (Phi) is 8.87. The minimum Gasteiger partial charge on any atom is -0.481 e. The third kappa shape index (κ3) is 6.63. The van der Waals surface area contributed by atoms with Gasteiger partial charge >= 0.3 is 5.97 Å². The Balaban J connectivity index is 1.83. The monoisotopic (exact) mass is 396 g/mol. The van der Waals surface area contributed by atoms with Gasteiger partial charge in [-0.3, -0.25) is 9.59 Å². The quantitative estimate of drug-likeness (QED) is 0.346. The summed E-state index contributed by atoms with van der Waals surface area (Å²) >= 11 is 1.90. The molecule has 0 radical (unpaired) electrons. The molecular weight excluding hydrogens is 360 g/mol. The average molecular weight is 397 g/mol. The standard InChI is InChI=1S/C22H36O4S/c1-4-5-13-22(2,3)20(23)12-9-16-17(19-11-10-18(16)26-19)15-27-14-7-6-8-21(24)25/h9,12,16-19H,4-8,10-11,13-15H2,1-3H3,(H,24,25)/b12-9+/t16-,17+,18-,19+/m0/s1. The summed E-state index contributed by atoms with van der Waals surface area (Å²) in [5, 5.41) is 8.70. The third-order valence-corrected chi connectivity index (χ3v) is 7.22. The fourth-order valence-electron chi connectivity index (χ4n) is 4.16. The van der Waals surface area contributed by atoms with Crippen molar-refractivity contribution < 1.29 is 19.4 Å². The highest BCUT2D eigenvalue weighted by Crippen LogP contribution is 2.45. The van der Waals surface area contributed by atoms with Gasteiger partial charge in [0.2, 0.25) is 0 Å². The Labute approximate surface area is 168 Å². The molecule has 5 heteroatoms. The predicted octanol–water partition coefficient (Wildman–Crippen LogP) is 5.11. The van der Waals surface area contributed by atoms with Crippen LogP contribution >= 0.6 is 11.8 Å². The number of hydrogen-bond donors (Lipinski definition) is 1. The Morgan fingerprint density at radius 2 is 1.93 bits per heavy atom. The van der Waals surface area contributed by atoms with Crippen LogP contribution in [0.4, 0.5) is 0 Å². The zero-order valence-electron chi connectivity index (χ0n) is 17.1. The van der Waals surface area contributed by atoms with Crippen LogP contribution in [0, 0.1) is 17.3 Å². The van der Waals surface area contributed by atoms with Gasteiger partial charge in [-0.1, -0.05) is 39.7 Å². The number of fused-ring (bicyclic) bond motifs is 2. The average Bonchev–Trinajstić information content (AvgIpc) is 3.22. The molecule has 0 unspecified atom stereocenters. The van der Waals surface area contributed by atoms with Gasteiger partial charge in [0.25, 0.3) is 0 Å². The van der Waals surface area contributed by atoms with Crippen molar-refractivity contribution in [2.45, 2.75) is 84.3 Å². The second-order valence-corrected chi connectivity index (χ2v) is 9.82. The van der Waals surface area contributed by atoms with E-state index in [-0.39, 0.29) is 23.7 Å². The maximum atomic E-state index is 12.6. The summed E-state index contributed by atoms with van der Waals surface area (Å²) in [5.41, 5.74) is -0.278. The van der Waals surface area contributed by atoms with Gasteiger partial charge in [-0.05, 0) is 49.7 Å². The lowest BCUT2D eigenvalue weighted by molar-refractivity contribution is -0.137. The SMILES string of the molecule is CCCCC(C)(C)C(=O)/C=C/[C@H]1[C@@H](CSCCCCC(=O)O)[C@H]2CC[C@@H]1O2. The van der Waals surface area contributed by atoms with E-state index < -0.39 is 5.97 Å². The highest BCUT2D eigenvalue weighted by atomic mass is 32.2. The highest BCUT2D eigenvalue weighted by Gasteiger charge is 2.47. The molecule has 0 spiro atoms. The number of carbonyl (C=O) groups is 2. The summed E-state index contributed by atoms with van der Waals surface area (Å²) in [6.07, 6.45) is 11.9. The van der Waals surface area contributed by atoms with Crippen molar-refractivity contribution in [3.8, 4) is 0 Å². The van der Waals surface area contributed by atoms with Crippen LogP contribution in [0.1, 0.15) is 72.1 Å². The molecule has 0 aliphatic carbocycles. The summed E-state index contributed by atoms with van der Waals surface area (Å²) in [6.45, 7) is 6.26. The summed E-state index contributed by atoms with van der Waals surface area (Å²) in [5.74, 6) is 2.39. The van der Waals surface area contributed by atoms with Crippen molar-refractivity contribution in [3.63, 3.8) is 0 Å². The number of allylic oxidation sites excluding steroid dienone is 1. The molecule has 2 fully saturated rings. The van der Waals surface area contributed by atoms with Gasteiger partial charge in [0.15, 0.2) is 5.78 Å². The van der Waals surface area contributed by atoms with Crippen LogP contribution in [0.2, 0.25) is 0 Å². The first-order valence-electron chi connectivity index (χ1n) is 10.5.